The van der Waals surface area contributed by atoms with Crippen LogP contribution in [0.2, 0.25) is 0 Å². The van der Waals surface area contributed by atoms with Gasteiger partial charge in [-0.2, -0.15) is 0 Å². The van der Waals surface area contributed by atoms with Crippen LogP contribution in [0.1, 0.15) is 12.8 Å². The van der Waals surface area contributed by atoms with Gasteiger partial charge in [-0.05, 0) is 25.9 Å². The number of hydrogen-bond acceptors (Lipinski definition) is 4. The minimum Gasteiger partial charge on any atom is -0.344 e. The lowest BCUT2D eigenvalue weighted by Gasteiger charge is -2.21. The molecule has 3 N–H and O–H groups in total. The van der Waals surface area contributed by atoms with E-state index in [9.17, 15) is 14.4 Å². The summed E-state index contributed by atoms with van der Waals surface area (Å²) in [7, 11) is 0. The molecule has 0 saturated carbocycles. The molecule has 0 unspecified atom stereocenters. The molecular weight excluding hydrogens is 222 g/mol. The van der Waals surface area contributed by atoms with Gasteiger partial charge in [-0.15, -0.1) is 6.58 Å². The Balaban J connectivity index is 2.36. The van der Waals surface area contributed by atoms with Crippen molar-refractivity contribution in [2.45, 2.75) is 12.8 Å². The SMILES string of the molecule is C=CCNC(=O)C(=O)NC(=O)C1CCNCC1. The molecule has 1 rings (SSSR count). The summed E-state index contributed by atoms with van der Waals surface area (Å²) in [4.78, 5) is 34.1. The molecule has 0 radical (unpaired) electrons. The Hall–Kier alpha value is -1.69. The summed E-state index contributed by atoms with van der Waals surface area (Å²) in [6.07, 6.45) is 2.83. The highest BCUT2D eigenvalue weighted by Gasteiger charge is 2.24. The van der Waals surface area contributed by atoms with Crippen molar-refractivity contribution in [2.24, 2.45) is 5.92 Å². The van der Waals surface area contributed by atoms with Gasteiger partial charge in [-0.1, -0.05) is 6.08 Å². The number of imide groups is 1. The highest BCUT2D eigenvalue weighted by Crippen LogP contribution is 2.10. The average Bonchev–Trinajstić information content (AvgIpc) is 2.36. The summed E-state index contributed by atoms with van der Waals surface area (Å²) in [5.41, 5.74) is 0. The third-order valence-electron chi connectivity index (χ3n) is 2.56. The Bertz CT molecular complexity index is 322. The minimum absolute atomic E-state index is 0.188. The van der Waals surface area contributed by atoms with Gasteiger partial charge in [0.25, 0.3) is 0 Å². The molecule has 0 atom stereocenters. The van der Waals surface area contributed by atoms with Crippen LogP contribution in [0.4, 0.5) is 0 Å². The molecule has 1 saturated heterocycles. The van der Waals surface area contributed by atoms with Gasteiger partial charge in [0.1, 0.15) is 0 Å². The molecule has 0 aromatic carbocycles. The average molecular weight is 239 g/mol. The number of rotatable bonds is 3. The van der Waals surface area contributed by atoms with Crippen molar-refractivity contribution >= 4 is 17.7 Å². The van der Waals surface area contributed by atoms with Crippen molar-refractivity contribution in [2.75, 3.05) is 19.6 Å². The lowest BCUT2D eigenvalue weighted by atomic mass is 9.97. The first-order valence-corrected chi connectivity index (χ1v) is 5.59. The zero-order valence-corrected chi connectivity index (χ0v) is 9.62. The quantitative estimate of drug-likeness (QED) is 0.432. The van der Waals surface area contributed by atoms with Crippen LogP contribution in [0, 0.1) is 5.92 Å². The van der Waals surface area contributed by atoms with Crippen LogP contribution in [0.25, 0.3) is 0 Å². The van der Waals surface area contributed by atoms with Gasteiger partial charge in [0.05, 0.1) is 0 Å². The molecule has 1 aliphatic rings. The number of hydrogen-bond donors (Lipinski definition) is 3. The van der Waals surface area contributed by atoms with E-state index in [4.69, 9.17) is 0 Å². The molecule has 17 heavy (non-hydrogen) atoms. The maximum atomic E-state index is 11.6. The van der Waals surface area contributed by atoms with Crippen molar-refractivity contribution in [3.63, 3.8) is 0 Å². The second-order valence-electron chi connectivity index (χ2n) is 3.84. The zero-order valence-electron chi connectivity index (χ0n) is 9.62. The van der Waals surface area contributed by atoms with Crippen molar-refractivity contribution in [3.8, 4) is 0 Å². The van der Waals surface area contributed by atoms with Gasteiger partial charge in [0.15, 0.2) is 0 Å². The fourth-order valence-electron chi connectivity index (χ4n) is 1.60. The maximum absolute atomic E-state index is 11.6. The molecule has 0 spiro atoms. The highest BCUT2D eigenvalue weighted by atomic mass is 16.2. The first-order valence-electron chi connectivity index (χ1n) is 5.59. The Labute approximate surface area is 99.8 Å². The maximum Gasteiger partial charge on any atom is 0.315 e. The van der Waals surface area contributed by atoms with Crippen LogP contribution < -0.4 is 16.0 Å². The Morgan fingerprint density at radius 3 is 2.47 bits per heavy atom. The van der Waals surface area contributed by atoms with Crippen LogP contribution >= 0.6 is 0 Å². The molecular formula is C11H17N3O3. The standard InChI is InChI=1S/C11H17N3O3/c1-2-5-13-10(16)11(17)14-9(15)8-3-6-12-7-4-8/h2,8,12H,1,3-7H2,(H,13,16)(H,14,15,17). The molecule has 94 valence electrons. The fourth-order valence-corrected chi connectivity index (χ4v) is 1.60. The van der Waals surface area contributed by atoms with Gasteiger partial charge in [-0.3, -0.25) is 19.7 Å². The zero-order chi connectivity index (χ0) is 12.7. The lowest BCUT2D eigenvalue weighted by molar-refractivity contribution is -0.143. The predicted octanol–water partition coefficient (Wildman–Crippen LogP) is -1.07. The molecule has 6 heteroatoms. The molecule has 1 aliphatic heterocycles. The summed E-state index contributed by atoms with van der Waals surface area (Å²) in [5.74, 6) is -2.28. The Morgan fingerprint density at radius 2 is 1.88 bits per heavy atom. The van der Waals surface area contributed by atoms with Crippen LogP contribution in [0.3, 0.4) is 0 Å². The third kappa shape index (κ3) is 4.36. The molecule has 0 aliphatic carbocycles. The third-order valence-corrected chi connectivity index (χ3v) is 2.56. The summed E-state index contributed by atoms with van der Waals surface area (Å²) >= 11 is 0. The number of carbonyl (C=O) groups is 3. The summed E-state index contributed by atoms with van der Waals surface area (Å²) < 4.78 is 0. The fraction of sp³-hybridized carbons (Fsp3) is 0.545. The predicted molar refractivity (Wildman–Crippen MR) is 62.0 cm³/mol. The van der Waals surface area contributed by atoms with E-state index in [0.717, 1.165) is 13.1 Å². The van der Waals surface area contributed by atoms with Crippen molar-refractivity contribution in [1.82, 2.24) is 16.0 Å². The van der Waals surface area contributed by atoms with E-state index < -0.39 is 11.8 Å². The minimum atomic E-state index is -0.907. The smallest absolute Gasteiger partial charge is 0.315 e. The van der Waals surface area contributed by atoms with E-state index in [0.29, 0.717) is 12.8 Å². The summed E-state index contributed by atoms with van der Waals surface area (Å²) in [6.45, 7) is 5.13. The number of amides is 3. The first-order chi connectivity index (χ1) is 8.15. The van der Waals surface area contributed by atoms with Crippen molar-refractivity contribution in [1.29, 1.82) is 0 Å². The highest BCUT2D eigenvalue weighted by molar-refractivity contribution is 6.37. The number of piperidine rings is 1. The monoisotopic (exact) mass is 239 g/mol. The van der Waals surface area contributed by atoms with Crippen LogP contribution in [-0.4, -0.2) is 37.4 Å². The van der Waals surface area contributed by atoms with Crippen LogP contribution in [-0.2, 0) is 14.4 Å². The second kappa shape index (κ2) is 6.80. The van der Waals surface area contributed by atoms with E-state index in [1.165, 1.54) is 6.08 Å². The van der Waals surface area contributed by atoms with Crippen LogP contribution in [0.5, 0.6) is 0 Å². The number of nitrogens with one attached hydrogen (secondary N) is 3. The van der Waals surface area contributed by atoms with E-state index in [-0.39, 0.29) is 18.4 Å². The van der Waals surface area contributed by atoms with Gasteiger partial charge in [-0.25, -0.2) is 0 Å². The van der Waals surface area contributed by atoms with Crippen molar-refractivity contribution in [3.05, 3.63) is 12.7 Å². The van der Waals surface area contributed by atoms with Gasteiger partial charge >= 0.3 is 11.8 Å². The lowest BCUT2D eigenvalue weighted by Crippen LogP contribution is -2.46. The summed E-state index contributed by atoms with van der Waals surface area (Å²) in [6, 6.07) is 0. The molecule has 0 aromatic rings. The Morgan fingerprint density at radius 1 is 1.24 bits per heavy atom. The Kier molecular flexibility index (Phi) is 5.35. The van der Waals surface area contributed by atoms with Crippen molar-refractivity contribution < 1.29 is 14.4 Å². The van der Waals surface area contributed by atoms with E-state index in [2.05, 4.69) is 22.5 Å². The van der Waals surface area contributed by atoms with Crippen LogP contribution in [0.15, 0.2) is 12.7 Å². The molecule has 0 aromatic heterocycles. The molecule has 3 amide bonds. The van der Waals surface area contributed by atoms with E-state index in [1.54, 1.807) is 0 Å². The summed E-state index contributed by atoms with van der Waals surface area (Å²) in [5, 5.41) is 7.53. The normalized spacial score (nSPS) is 16.0. The molecule has 0 bridgehead atoms. The first kappa shape index (κ1) is 13.4. The second-order valence-corrected chi connectivity index (χ2v) is 3.84. The van der Waals surface area contributed by atoms with Gasteiger partial charge in [0, 0.05) is 12.5 Å². The molecule has 1 fully saturated rings. The number of carbonyl (C=O) groups excluding carboxylic acids is 3. The van der Waals surface area contributed by atoms with E-state index in [1.807, 2.05) is 0 Å². The largest absolute Gasteiger partial charge is 0.344 e. The molecule has 1 heterocycles. The van der Waals surface area contributed by atoms with Gasteiger partial charge in [0.2, 0.25) is 5.91 Å². The van der Waals surface area contributed by atoms with Gasteiger partial charge < -0.3 is 10.6 Å². The topological polar surface area (TPSA) is 87.3 Å². The molecule has 6 nitrogen and oxygen atoms in total. The van der Waals surface area contributed by atoms with E-state index >= 15 is 0 Å².